The second-order valence-electron chi connectivity index (χ2n) is 4.54. The van der Waals surface area contributed by atoms with E-state index in [4.69, 9.17) is 9.47 Å². The van der Waals surface area contributed by atoms with Crippen molar-refractivity contribution in [1.29, 1.82) is 0 Å². The lowest BCUT2D eigenvalue weighted by Gasteiger charge is -2.10. The maximum absolute atomic E-state index is 11.6. The molecule has 4 nitrogen and oxygen atoms in total. The predicted molar refractivity (Wildman–Crippen MR) is 68.7 cm³/mol. The third-order valence-electron chi connectivity index (χ3n) is 3.21. The van der Waals surface area contributed by atoms with Gasteiger partial charge in [0, 0.05) is 12.5 Å². The summed E-state index contributed by atoms with van der Waals surface area (Å²) in [6, 6.07) is 5.88. The molecule has 1 atom stereocenters. The first-order valence-corrected chi connectivity index (χ1v) is 6.37. The Kier molecular flexibility index (Phi) is 4.07. The van der Waals surface area contributed by atoms with Gasteiger partial charge in [-0.3, -0.25) is 4.79 Å². The Morgan fingerprint density at radius 2 is 2.17 bits per heavy atom. The monoisotopic (exact) mass is 249 g/mol. The van der Waals surface area contributed by atoms with E-state index < -0.39 is 0 Å². The topological polar surface area (TPSA) is 47.6 Å². The van der Waals surface area contributed by atoms with Gasteiger partial charge in [-0.1, -0.05) is 19.9 Å². The van der Waals surface area contributed by atoms with Gasteiger partial charge >= 0.3 is 0 Å². The van der Waals surface area contributed by atoms with E-state index in [1.807, 2.05) is 32.0 Å². The van der Waals surface area contributed by atoms with Crippen LogP contribution in [0.1, 0.15) is 25.8 Å². The molecule has 0 bridgehead atoms. The van der Waals surface area contributed by atoms with Gasteiger partial charge in [0.25, 0.3) is 0 Å². The molecule has 18 heavy (non-hydrogen) atoms. The molecule has 0 spiro atoms. The molecule has 1 aromatic carbocycles. The second kappa shape index (κ2) is 5.76. The van der Waals surface area contributed by atoms with E-state index in [0.717, 1.165) is 29.9 Å². The SMILES string of the molecule is CC[C@H](C)C(=O)NCCc1ccc2c(c1)OCO2. The summed E-state index contributed by atoms with van der Waals surface area (Å²) < 4.78 is 10.6. The predicted octanol–water partition coefficient (Wildman–Crippen LogP) is 2.12. The highest BCUT2D eigenvalue weighted by Gasteiger charge is 2.13. The highest BCUT2D eigenvalue weighted by molar-refractivity contribution is 5.78. The average molecular weight is 249 g/mol. The van der Waals surface area contributed by atoms with Crippen LogP contribution in [0.4, 0.5) is 0 Å². The lowest BCUT2D eigenvalue weighted by molar-refractivity contribution is -0.124. The summed E-state index contributed by atoms with van der Waals surface area (Å²) in [5.41, 5.74) is 1.14. The van der Waals surface area contributed by atoms with Crippen LogP contribution in [0.3, 0.4) is 0 Å². The number of carbonyl (C=O) groups is 1. The fourth-order valence-electron chi connectivity index (χ4n) is 1.79. The molecule has 0 saturated carbocycles. The summed E-state index contributed by atoms with van der Waals surface area (Å²) in [5, 5.41) is 2.94. The Labute approximate surface area is 107 Å². The first-order chi connectivity index (χ1) is 8.70. The summed E-state index contributed by atoms with van der Waals surface area (Å²) in [7, 11) is 0. The van der Waals surface area contributed by atoms with Crippen molar-refractivity contribution < 1.29 is 14.3 Å². The normalized spacial score (nSPS) is 14.3. The van der Waals surface area contributed by atoms with Crippen LogP contribution in [-0.2, 0) is 11.2 Å². The maximum Gasteiger partial charge on any atom is 0.231 e. The van der Waals surface area contributed by atoms with Crippen LogP contribution < -0.4 is 14.8 Å². The highest BCUT2D eigenvalue weighted by atomic mass is 16.7. The van der Waals surface area contributed by atoms with Crippen LogP contribution in [0, 0.1) is 5.92 Å². The molecule has 0 aliphatic carbocycles. The second-order valence-corrected chi connectivity index (χ2v) is 4.54. The fourth-order valence-corrected chi connectivity index (χ4v) is 1.79. The van der Waals surface area contributed by atoms with Crippen LogP contribution in [0.25, 0.3) is 0 Å². The zero-order valence-electron chi connectivity index (χ0n) is 10.9. The number of hydrogen-bond donors (Lipinski definition) is 1. The molecule has 2 rings (SSSR count). The van der Waals surface area contributed by atoms with Crippen molar-refractivity contribution in [1.82, 2.24) is 5.32 Å². The van der Waals surface area contributed by atoms with Crippen molar-refractivity contribution in [2.24, 2.45) is 5.92 Å². The summed E-state index contributed by atoms with van der Waals surface area (Å²) in [6.45, 7) is 4.91. The van der Waals surface area contributed by atoms with Gasteiger partial charge in [0.15, 0.2) is 11.5 Å². The summed E-state index contributed by atoms with van der Waals surface area (Å²) in [4.78, 5) is 11.6. The van der Waals surface area contributed by atoms with Crippen LogP contribution >= 0.6 is 0 Å². The van der Waals surface area contributed by atoms with Gasteiger partial charge in [0.05, 0.1) is 0 Å². The number of benzene rings is 1. The number of rotatable bonds is 5. The van der Waals surface area contributed by atoms with Crippen molar-refractivity contribution in [2.45, 2.75) is 26.7 Å². The van der Waals surface area contributed by atoms with Gasteiger partial charge in [-0.25, -0.2) is 0 Å². The Morgan fingerprint density at radius 3 is 2.94 bits per heavy atom. The van der Waals surface area contributed by atoms with E-state index in [0.29, 0.717) is 13.3 Å². The largest absolute Gasteiger partial charge is 0.454 e. The van der Waals surface area contributed by atoms with Gasteiger partial charge in [-0.2, -0.15) is 0 Å². The zero-order valence-corrected chi connectivity index (χ0v) is 10.9. The Bertz CT molecular complexity index is 431. The molecule has 1 N–H and O–H groups in total. The third kappa shape index (κ3) is 2.94. The van der Waals surface area contributed by atoms with E-state index in [9.17, 15) is 4.79 Å². The quantitative estimate of drug-likeness (QED) is 0.869. The molecule has 4 heteroatoms. The number of ether oxygens (including phenoxy) is 2. The maximum atomic E-state index is 11.6. The molecule has 1 amide bonds. The molecule has 1 aliphatic rings. The molecule has 0 saturated heterocycles. The first-order valence-electron chi connectivity index (χ1n) is 6.37. The molecule has 1 aliphatic heterocycles. The minimum Gasteiger partial charge on any atom is -0.454 e. The van der Waals surface area contributed by atoms with Gasteiger partial charge in [0.1, 0.15) is 0 Å². The standard InChI is InChI=1S/C14H19NO3/c1-3-10(2)14(16)15-7-6-11-4-5-12-13(8-11)18-9-17-12/h4-5,8,10H,3,6-7,9H2,1-2H3,(H,15,16)/t10-/m0/s1. The van der Waals surface area contributed by atoms with Crippen molar-refractivity contribution in [3.63, 3.8) is 0 Å². The molecule has 0 aromatic heterocycles. The Morgan fingerprint density at radius 1 is 1.39 bits per heavy atom. The number of carbonyl (C=O) groups excluding carboxylic acids is 1. The number of fused-ring (bicyclic) bond motifs is 1. The lowest BCUT2D eigenvalue weighted by Crippen LogP contribution is -2.30. The molecule has 1 aromatic rings. The summed E-state index contributed by atoms with van der Waals surface area (Å²) >= 11 is 0. The van der Waals surface area contributed by atoms with Gasteiger partial charge in [-0.05, 0) is 30.5 Å². The molecule has 98 valence electrons. The van der Waals surface area contributed by atoms with Gasteiger partial charge in [-0.15, -0.1) is 0 Å². The lowest BCUT2D eigenvalue weighted by atomic mass is 10.1. The van der Waals surface area contributed by atoms with E-state index in [-0.39, 0.29) is 11.8 Å². The molecular formula is C14H19NO3. The van der Waals surface area contributed by atoms with Crippen molar-refractivity contribution in [2.75, 3.05) is 13.3 Å². The fraction of sp³-hybridized carbons (Fsp3) is 0.500. The average Bonchev–Trinajstić information content (AvgIpc) is 2.85. The van der Waals surface area contributed by atoms with Crippen LogP contribution in [0.5, 0.6) is 11.5 Å². The number of amides is 1. The van der Waals surface area contributed by atoms with Crippen LogP contribution in [-0.4, -0.2) is 19.2 Å². The molecule has 0 fully saturated rings. The van der Waals surface area contributed by atoms with Crippen molar-refractivity contribution in [3.05, 3.63) is 23.8 Å². The number of hydrogen-bond acceptors (Lipinski definition) is 3. The Balaban J connectivity index is 1.82. The van der Waals surface area contributed by atoms with Gasteiger partial charge in [0.2, 0.25) is 12.7 Å². The highest BCUT2D eigenvalue weighted by Crippen LogP contribution is 2.32. The first kappa shape index (κ1) is 12.7. The zero-order chi connectivity index (χ0) is 13.0. The van der Waals surface area contributed by atoms with Gasteiger partial charge < -0.3 is 14.8 Å². The van der Waals surface area contributed by atoms with E-state index in [2.05, 4.69) is 5.32 Å². The van der Waals surface area contributed by atoms with Crippen molar-refractivity contribution in [3.8, 4) is 11.5 Å². The van der Waals surface area contributed by atoms with E-state index >= 15 is 0 Å². The number of nitrogens with one attached hydrogen (secondary N) is 1. The van der Waals surface area contributed by atoms with E-state index in [1.54, 1.807) is 0 Å². The molecule has 1 heterocycles. The molecule has 0 radical (unpaired) electrons. The molecule has 0 unspecified atom stereocenters. The summed E-state index contributed by atoms with van der Waals surface area (Å²) in [6.07, 6.45) is 1.68. The minimum atomic E-state index is 0.0850. The van der Waals surface area contributed by atoms with Crippen molar-refractivity contribution >= 4 is 5.91 Å². The van der Waals surface area contributed by atoms with E-state index in [1.165, 1.54) is 0 Å². The third-order valence-corrected chi connectivity index (χ3v) is 3.21. The smallest absolute Gasteiger partial charge is 0.231 e. The summed E-state index contributed by atoms with van der Waals surface area (Å²) in [5.74, 6) is 1.79. The minimum absolute atomic E-state index is 0.0850. The molecular weight excluding hydrogens is 230 g/mol. The Hall–Kier alpha value is -1.71. The van der Waals surface area contributed by atoms with Crippen LogP contribution in [0.2, 0.25) is 0 Å². The van der Waals surface area contributed by atoms with Crippen LogP contribution in [0.15, 0.2) is 18.2 Å².